The van der Waals surface area contributed by atoms with Crippen LogP contribution in [0.25, 0.3) is 0 Å². The predicted octanol–water partition coefficient (Wildman–Crippen LogP) is 3.30. The monoisotopic (exact) mass is 258 g/mol. The molecule has 0 aliphatic carbocycles. The third kappa shape index (κ3) is 5.26. The molecule has 1 aromatic heterocycles. The molecule has 1 N–H and O–H groups in total. The Kier molecular flexibility index (Phi) is 5.63. The number of hydrogen-bond acceptors (Lipinski definition) is 2. The van der Waals surface area contributed by atoms with E-state index in [1.165, 1.54) is 16.8 Å². The van der Waals surface area contributed by atoms with Gasteiger partial charge < -0.3 is 9.72 Å². The van der Waals surface area contributed by atoms with Gasteiger partial charge in [-0.25, -0.2) is 4.98 Å². The van der Waals surface area contributed by atoms with Gasteiger partial charge in [-0.1, -0.05) is 29.8 Å². The molecule has 0 aliphatic rings. The van der Waals surface area contributed by atoms with Crippen LogP contribution >= 0.6 is 0 Å². The van der Waals surface area contributed by atoms with Gasteiger partial charge in [-0.05, 0) is 38.2 Å². The van der Waals surface area contributed by atoms with E-state index in [2.05, 4.69) is 41.2 Å². The first-order valence-corrected chi connectivity index (χ1v) is 6.95. The highest BCUT2D eigenvalue weighted by atomic mass is 16.5. The van der Waals surface area contributed by atoms with Crippen molar-refractivity contribution >= 4 is 0 Å². The van der Waals surface area contributed by atoms with Crippen LogP contribution in [0.5, 0.6) is 0 Å². The Hall–Kier alpha value is -1.61. The molecule has 0 radical (unpaired) electrons. The largest absolute Gasteiger partial charge is 0.381 e. The van der Waals surface area contributed by atoms with E-state index < -0.39 is 0 Å². The summed E-state index contributed by atoms with van der Waals surface area (Å²) in [5.41, 5.74) is 3.90. The summed E-state index contributed by atoms with van der Waals surface area (Å²) < 4.78 is 5.64. The molecule has 1 heterocycles. The minimum atomic E-state index is 0.826. The number of rotatable bonds is 8. The third-order valence-electron chi connectivity index (χ3n) is 3.16. The number of nitrogens with zero attached hydrogens (tertiary/aromatic N) is 1. The molecular weight excluding hydrogens is 236 g/mol. The maximum absolute atomic E-state index is 5.64. The summed E-state index contributed by atoms with van der Waals surface area (Å²) in [6, 6.07) is 8.74. The Morgan fingerprint density at radius 3 is 2.47 bits per heavy atom. The van der Waals surface area contributed by atoms with Gasteiger partial charge in [-0.15, -0.1) is 0 Å². The Morgan fingerprint density at radius 1 is 1.05 bits per heavy atom. The average Bonchev–Trinajstić information content (AvgIpc) is 2.93. The summed E-state index contributed by atoms with van der Waals surface area (Å²) >= 11 is 0. The lowest BCUT2D eigenvalue weighted by atomic mass is 10.1. The van der Waals surface area contributed by atoms with E-state index in [4.69, 9.17) is 4.74 Å². The van der Waals surface area contributed by atoms with Gasteiger partial charge in [0.15, 0.2) is 0 Å². The van der Waals surface area contributed by atoms with Crippen molar-refractivity contribution in [2.45, 2.75) is 32.6 Å². The first kappa shape index (κ1) is 13.8. The van der Waals surface area contributed by atoms with Crippen molar-refractivity contribution in [2.75, 3.05) is 13.2 Å². The average molecular weight is 258 g/mol. The molecule has 3 heteroatoms. The van der Waals surface area contributed by atoms with Crippen LogP contribution in [0.2, 0.25) is 0 Å². The molecule has 1 aromatic carbocycles. The minimum Gasteiger partial charge on any atom is -0.381 e. The molecule has 0 spiro atoms. The molecule has 0 saturated heterocycles. The normalized spacial score (nSPS) is 10.8. The fourth-order valence-corrected chi connectivity index (χ4v) is 2.02. The second kappa shape index (κ2) is 7.74. The van der Waals surface area contributed by atoms with E-state index in [0.29, 0.717) is 0 Å². The first-order valence-electron chi connectivity index (χ1n) is 6.95. The zero-order valence-corrected chi connectivity index (χ0v) is 11.6. The number of aromatic amines is 1. The van der Waals surface area contributed by atoms with Crippen molar-refractivity contribution < 1.29 is 4.74 Å². The van der Waals surface area contributed by atoms with Gasteiger partial charge in [-0.3, -0.25) is 0 Å². The molecule has 102 valence electrons. The second-order valence-corrected chi connectivity index (χ2v) is 4.88. The zero-order chi connectivity index (χ0) is 13.3. The van der Waals surface area contributed by atoms with Crippen molar-refractivity contribution in [1.29, 1.82) is 0 Å². The van der Waals surface area contributed by atoms with Crippen molar-refractivity contribution in [3.8, 4) is 0 Å². The van der Waals surface area contributed by atoms with Gasteiger partial charge in [0.05, 0.1) is 6.33 Å². The Bertz CT molecular complexity index is 448. The molecule has 19 heavy (non-hydrogen) atoms. The highest BCUT2D eigenvalue weighted by Crippen LogP contribution is 2.06. The number of ether oxygens (including phenoxy) is 1. The van der Waals surface area contributed by atoms with Gasteiger partial charge in [0.1, 0.15) is 0 Å². The van der Waals surface area contributed by atoms with Crippen LogP contribution in [0.15, 0.2) is 36.8 Å². The van der Waals surface area contributed by atoms with Crippen LogP contribution in [0, 0.1) is 6.92 Å². The summed E-state index contributed by atoms with van der Waals surface area (Å²) in [5, 5.41) is 0. The van der Waals surface area contributed by atoms with Crippen LogP contribution in [0.4, 0.5) is 0 Å². The van der Waals surface area contributed by atoms with Gasteiger partial charge in [0.2, 0.25) is 0 Å². The molecule has 3 nitrogen and oxygen atoms in total. The Balaban J connectivity index is 1.49. The number of aromatic nitrogens is 2. The number of nitrogens with one attached hydrogen (secondary N) is 1. The summed E-state index contributed by atoms with van der Waals surface area (Å²) in [5.74, 6) is 0. The van der Waals surface area contributed by atoms with Crippen LogP contribution in [-0.2, 0) is 17.6 Å². The Labute approximate surface area is 115 Å². The van der Waals surface area contributed by atoms with Gasteiger partial charge in [0.25, 0.3) is 0 Å². The lowest BCUT2D eigenvalue weighted by Gasteiger charge is -2.04. The first-order chi connectivity index (χ1) is 9.34. The molecule has 2 aromatic rings. The van der Waals surface area contributed by atoms with E-state index in [0.717, 1.165) is 38.9 Å². The quantitative estimate of drug-likeness (QED) is 0.738. The molecule has 2 rings (SSSR count). The fraction of sp³-hybridized carbons (Fsp3) is 0.438. The number of imidazole rings is 1. The van der Waals surface area contributed by atoms with Gasteiger partial charge >= 0.3 is 0 Å². The summed E-state index contributed by atoms with van der Waals surface area (Å²) in [7, 11) is 0. The number of hydrogen-bond donors (Lipinski definition) is 1. The maximum atomic E-state index is 5.64. The van der Waals surface area contributed by atoms with E-state index in [1.54, 1.807) is 6.33 Å². The maximum Gasteiger partial charge on any atom is 0.0921 e. The SMILES string of the molecule is Cc1ccc(CCCOCCCc2cnc[nH]2)cc1. The number of H-pyrrole nitrogens is 1. The highest BCUT2D eigenvalue weighted by molar-refractivity contribution is 5.21. The third-order valence-corrected chi connectivity index (χ3v) is 3.16. The van der Waals surface area contributed by atoms with Crippen molar-refractivity contribution in [1.82, 2.24) is 9.97 Å². The van der Waals surface area contributed by atoms with Crippen LogP contribution in [0.1, 0.15) is 29.7 Å². The summed E-state index contributed by atoms with van der Waals surface area (Å²) in [6.07, 6.45) is 7.84. The molecule has 0 saturated carbocycles. The van der Waals surface area contributed by atoms with Crippen LogP contribution < -0.4 is 0 Å². The molecular formula is C16H22N2O. The summed E-state index contributed by atoms with van der Waals surface area (Å²) in [4.78, 5) is 7.09. The number of benzene rings is 1. The fourth-order valence-electron chi connectivity index (χ4n) is 2.02. The molecule has 0 amide bonds. The van der Waals surface area contributed by atoms with Gasteiger partial charge in [-0.2, -0.15) is 0 Å². The molecule has 0 aliphatic heterocycles. The van der Waals surface area contributed by atoms with E-state index in [1.807, 2.05) is 6.20 Å². The lowest BCUT2D eigenvalue weighted by molar-refractivity contribution is 0.129. The smallest absolute Gasteiger partial charge is 0.0921 e. The summed E-state index contributed by atoms with van der Waals surface area (Å²) in [6.45, 7) is 3.79. The zero-order valence-electron chi connectivity index (χ0n) is 11.6. The predicted molar refractivity (Wildman–Crippen MR) is 77.2 cm³/mol. The van der Waals surface area contributed by atoms with Gasteiger partial charge in [0, 0.05) is 25.1 Å². The Morgan fingerprint density at radius 2 is 1.79 bits per heavy atom. The lowest BCUT2D eigenvalue weighted by Crippen LogP contribution is -2.00. The highest BCUT2D eigenvalue weighted by Gasteiger charge is 1.96. The molecule has 0 unspecified atom stereocenters. The van der Waals surface area contributed by atoms with E-state index in [-0.39, 0.29) is 0 Å². The van der Waals surface area contributed by atoms with Crippen LogP contribution in [0.3, 0.4) is 0 Å². The second-order valence-electron chi connectivity index (χ2n) is 4.88. The van der Waals surface area contributed by atoms with E-state index >= 15 is 0 Å². The standard InChI is InChI=1S/C16H22N2O/c1-14-6-8-15(9-7-14)4-2-10-19-11-3-5-16-12-17-13-18-16/h6-9,12-13H,2-5,10-11H2,1H3,(H,17,18). The topological polar surface area (TPSA) is 37.9 Å². The van der Waals surface area contributed by atoms with E-state index in [9.17, 15) is 0 Å². The molecule has 0 fully saturated rings. The minimum absolute atomic E-state index is 0.826. The number of aryl methyl sites for hydroxylation is 3. The van der Waals surface area contributed by atoms with Crippen molar-refractivity contribution in [3.05, 3.63) is 53.6 Å². The molecule has 0 atom stereocenters. The van der Waals surface area contributed by atoms with Crippen molar-refractivity contribution in [3.63, 3.8) is 0 Å². The van der Waals surface area contributed by atoms with Crippen molar-refractivity contribution in [2.24, 2.45) is 0 Å². The molecule has 0 bridgehead atoms. The van der Waals surface area contributed by atoms with Crippen LogP contribution in [-0.4, -0.2) is 23.2 Å².